The second-order valence-electron chi connectivity index (χ2n) is 5.39. The summed E-state index contributed by atoms with van der Waals surface area (Å²) in [6, 6.07) is 11.0. The van der Waals surface area contributed by atoms with E-state index in [9.17, 15) is 14.0 Å². The maximum atomic E-state index is 12.8. The molecule has 0 fully saturated rings. The summed E-state index contributed by atoms with van der Waals surface area (Å²) in [6.45, 7) is 0. The number of carbonyl (C=O) groups is 2. The SMILES string of the molecule is O=C(/C=C/c1c(Cl)nc2ccccn12)NNC(=O)Cc1ccc(F)cc1. The van der Waals surface area contributed by atoms with Crippen LogP contribution < -0.4 is 10.9 Å². The molecule has 0 aliphatic heterocycles. The second kappa shape index (κ2) is 7.79. The molecular weight excluding hydrogens is 359 g/mol. The fourth-order valence-corrected chi connectivity index (χ4v) is 2.54. The third-order valence-corrected chi connectivity index (χ3v) is 3.80. The summed E-state index contributed by atoms with van der Waals surface area (Å²) in [5, 5.41) is 0.264. The summed E-state index contributed by atoms with van der Waals surface area (Å²) < 4.78 is 14.6. The number of nitrogens with zero attached hydrogens (tertiary/aromatic N) is 2. The smallest absolute Gasteiger partial charge is 0.262 e. The van der Waals surface area contributed by atoms with Gasteiger partial charge in [-0.15, -0.1) is 0 Å². The summed E-state index contributed by atoms with van der Waals surface area (Å²) in [5.41, 5.74) is 6.40. The highest BCUT2D eigenvalue weighted by atomic mass is 35.5. The number of benzene rings is 1. The van der Waals surface area contributed by atoms with E-state index >= 15 is 0 Å². The Hall–Kier alpha value is -3.19. The van der Waals surface area contributed by atoms with E-state index in [2.05, 4.69) is 15.8 Å². The van der Waals surface area contributed by atoms with E-state index < -0.39 is 11.8 Å². The van der Waals surface area contributed by atoms with Crippen LogP contribution >= 0.6 is 11.6 Å². The molecule has 8 heteroatoms. The standard InChI is InChI=1S/C18H14ClFN4O2/c19-18-14(24-10-2-1-3-15(24)21-18)8-9-16(25)22-23-17(26)11-12-4-6-13(20)7-5-12/h1-10H,11H2,(H,22,25)(H,23,26)/b9-8+. The van der Waals surface area contributed by atoms with Gasteiger partial charge in [-0.05, 0) is 35.9 Å². The molecule has 0 atom stereocenters. The average Bonchev–Trinajstić information content (AvgIpc) is 2.95. The van der Waals surface area contributed by atoms with Crippen LogP contribution in [0.2, 0.25) is 5.15 Å². The molecule has 3 aromatic rings. The zero-order valence-corrected chi connectivity index (χ0v) is 14.2. The predicted octanol–water partition coefficient (Wildman–Crippen LogP) is 2.53. The van der Waals surface area contributed by atoms with Crippen molar-refractivity contribution >= 4 is 35.1 Å². The molecule has 0 bridgehead atoms. The Morgan fingerprint density at radius 2 is 1.92 bits per heavy atom. The van der Waals surface area contributed by atoms with Crippen molar-refractivity contribution in [1.29, 1.82) is 0 Å². The largest absolute Gasteiger partial charge is 0.299 e. The first-order valence-electron chi connectivity index (χ1n) is 7.67. The van der Waals surface area contributed by atoms with Crippen LogP contribution in [0.25, 0.3) is 11.7 Å². The van der Waals surface area contributed by atoms with E-state index in [0.29, 0.717) is 16.9 Å². The first kappa shape index (κ1) is 17.6. The van der Waals surface area contributed by atoms with E-state index in [-0.39, 0.29) is 17.4 Å². The predicted molar refractivity (Wildman–Crippen MR) is 95.6 cm³/mol. The molecule has 2 heterocycles. The number of amides is 2. The quantitative estimate of drug-likeness (QED) is 0.546. The fourth-order valence-electron chi connectivity index (χ4n) is 2.29. The molecule has 2 N–H and O–H groups in total. The molecule has 3 rings (SSSR count). The minimum atomic E-state index is -0.528. The van der Waals surface area contributed by atoms with E-state index in [1.807, 2.05) is 12.1 Å². The Bertz CT molecular complexity index is 983. The van der Waals surface area contributed by atoms with Crippen LogP contribution in [0, 0.1) is 5.82 Å². The number of aromatic nitrogens is 2. The maximum Gasteiger partial charge on any atom is 0.262 e. The van der Waals surface area contributed by atoms with Gasteiger partial charge in [0, 0.05) is 12.3 Å². The summed E-state index contributed by atoms with van der Waals surface area (Å²) in [4.78, 5) is 27.8. The Balaban J connectivity index is 1.56. The van der Waals surface area contributed by atoms with Gasteiger partial charge in [-0.3, -0.25) is 24.8 Å². The van der Waals surface area contributed by atoms with E-state index in [1.165, 1.54) is 36.4 Å². The lowest BCUT2D eigenvalue weighted by Crippen LogP contribution is -2.41. The van der Waals surface area contributed by atoms with Gasteiger partial charge in [-0.2, -0.15) is 0 Å². The van der Waals surface area contributed by atoms with E-state index in [4.69, 9.17) is 11.6 Å². The van der Waals surface area contributed by atoms with Crippen molar-refractivity contribution in [2.45, 2.75) is 6.42 Å². The molecule has 2 aromatic heterocycles. The molecule has 0 spiro atoms. The minimum Gasteiger partial charge on any atom is -0.299 e. The third-order valence-electron chi connectivity index (χ3n) is 3.52. The highest BCUT2D eigenvalue weighted by molar-refractivity contribution is 6.31. The molecule has 1 aromatic carbocycles. The molecule has 26 heavy (non-hydrogen) atoms. The lowest BCUT2D eigenvalue weighted by atomic mass is 10.1. The van der Waals surface area contributed by atoms with Crippen LogP contribution in [0.1, 0.15) is 11.3 Å². The van der Waals surface area contributed by atoms with Crippen molar-refractivity contribution in [2.75, 3.05) is 0 Å². The average molecular weight is 373 g/mol. The van der Waals surface area contributed by atoms with Gasteiger partial charge in [0.05, 0.1) is 12.1 Å². The number of halogens is 2. The van der Waals surface area contributed by atoms with E-state index in [0.717, 1.165) is 0 Å². The van der Waals surface area contributed by atoms with Gasteiger partial charge >= 0.3 is 0 Å². The first-order valence-corrected chi connectivity index (χ1v) is 8.04. The van der Waals surface area contributed by atoms with Crippen molar-refractivity contribution in [2.24, 2.45) is 0 Å². The number of carbonyl (C=O) groups excluding carboxylic acids is 2. The number of hydrogen-bond donors (Lipinski definition) is 2. The number of pyridine rings is 1. The number of hydrazine groups is 1. The lowest BCUT2D eigenvalue weighted by Gasteiger charge is -2.05. The second-order valence-corrected chi connectivity index (χ2v) is 5.75. The van der Waals surface area contributed by atoms with E-state index in [1.54, 1.807) is 16.7 Å². The van der Waals surface area contributed by atoms with Gasteiger partial charge in [-0.1, -0.05) is 29.8 Å². The van der Waals surface area contributed by atoms with Gasteiger partial charge in [0.15, 0.2) is 5.15 Å². The molecule has 0 saturated carbocycles. The molecule has 6 nitrogen and oxygen atoms in total. The highest BCUT2D eigenvalue weighted by Gasteiger charge is 2.08. The van der Waals surface area contributed by atoms with Gasteiger partial charge in [0.2, 0.25) is 5.91 Å². The van der Waals surface area contributed by atoms with Crippen molar-refractivity contribution < 1.29 is 14.0 Å². The Morgan fingerprint density at radius 1 is 1.15 bits per heavy atom. The van der Waals surface area contributed by atoms with Gasteiger partial charge in [0.25, 0.3) is 5.91 Å². The third kappa shape index (κ3) is 4.25. The van der Waals surface area contributed by atoms with Gasteiger partial charge < -0.3 is 0 Å². The molecule has 0 aliphatic rings. The van der Waals surface area contributed by atoms with Gasteiger partial charge in [-0.25, -0.2) is 9.37 Å². The Kier molecular flexibility index (Phi) is 5.28. The number of nitrogens with one attached hydrogen (secondary N) is 2. The molecule has 132 valence electrons. The van der Waals surface area contributed by atoms with Crippen LogP contribution in [0.5, 0.6) is 0 Å². The molecule has 2 amide bonds. The fraction of sp³-hybridized carbons (Fsp3) is 0.0556. The number of fused-ring (bicyclic) bond motifs is 1. The summed E-state index contributed by atoms with van der Waals surface area (Å²) >= 11 is 6.07. The number of imidazole rings is 1. The summed E-state index contributed by atoms with van der Waals surface area (Å²) in [6.07, 6.45) is 4.53. The molecular formula is C18H14ClFN4O2. The van der Waals surface area contributed by atoms with Crippen LogP contribution in [0.4, 0.5) is 4.39 Å². The topological polar surface area (TPSA) is 75.5 Å². The monoisotopic (exact) mass is 372 g/mol. The normalized spacial score (nSPS) is 11.0. The van der Waals surface area contributed by atoms with Crippen molar-refractivity contribution in [1.82, 2.24) is 20.2 Å². The molecule has 0 radical (unpaired) electrons. The Morgan fingerprint density at radius 3 is 2.69 bits per heavy atom. The van der Waals surface area contributed by atoms with Crippen molar-refractivity contribution in [3.05, 3.63) is 77.0 Å². The van der Waals surface area contributed by atoms with Crippen LogP contribution in [-0.4, -0.2) is 21.2 Å². The van der Waals surface area contributed by atoms with Crippen molar-refractivity contribution in [3.63, 3.8) is 0 Å². The minimum absolute atomic E-state index is 0.0172. The molecule has 0 saturated heterocycles. The summed E-state index contributed by atoms with van der Waals surface area (Å²) in [7, 11) is 0. The summed E-state index contributed by atoms with van der Waals surface area (Å²) in [5.74, 6) is -1.33. The highest BCUT2D eigenvalue weighted by Crippen LogP contribution is 2.18. The zero-order valence-electron chi connectivity index (χ0n) is 13.4. The molecule has 0 unspecified atom stereocenters. The number of hydrogen-bond acceptors (Lipinski definition) is 3. The first-order chi connectivity index (χ1) is 12.5. The Labute approximate surface area is 153 Å². The maximum absolute atomic E-state index is 12.8. The van der Waals surface area contributed by atoms with Gasteiger partial charge in [0.1, 0.15) is 11.5 Å². The van der Waals surface area contributed by atoms with Crippen LogP contribution in [0.15, 0.2) is 54.7 Å². The number of rotatable bonds is 4. The van der Waals surface area contributed by atoms with Crippen LogP contribution in [-0.2, 0) is 16.0 Å². The molecule has 0 aliphatic carbocycles. The van der Waals surface area contributed by atoms with Crippen molar-refractivity contribution in [3.8, 4) is 0 Å². The zero-order chi connectivity index (χ0) is 18.5. The lowest BCUT2D eigenvalue weighted by molar-refractivity contribution is -0.126. The van der Waals surface area contributed by atoms with Crippen LogP contribution in [0.3, 0.4) is 0 Å².